The lowest BCUT2D eigenvalue weighted by Gasteiger charge is -2.19. The Hall–Kier alpha value is -1.91. The van der Waals surface area contributed by atoms with Gasteiger partial charge in [-0.15, -0.1) is 0 Å². The topological polar surface area (TPSA) is 69.6 Å². The molecule has 0 aliphatic carbocycles. The molecule has 0 spiro atoms. The lowest BCUT2D eigenvalue weighted by molar-refractivity contribution is -0.123. The molecule has 0 fully saturated rings. The van der Waals surface area contributed by atoms with Gasteiger partial charge in [0.2, 0.25) is 5.91 Å². The van der Waals surface area contributed by atoms with Crippen LogP contribution in [0.1, 0.15) is 303 Å². The van der Waals surface area contributed by atoms with Crippen molar-refractivity contribution in [1.82, 2.24) is 5.32 Å². The molecule has 4 nitrogen and oxygen atoms in total. The maximum atomic E-state index is 12.5. The van der Waals surface area contributed by atoms with E-state index in [4.69, 9.17) is 0 Å². The standard InChI is InChI=1S/C61H113NO3/c1-3-5-7-9-11-13-15-17-19-21-22-23-24-25-26-27-28-29-30-31-32-33-34-35-36-37-38-39-40-41-43-45-47-49-51-53-55-57-61(65)62-59(58-63)60(64)56-54-52-50-48-46-44-42-20-18-16-14-12-10-8-6-4-2/h15,17-18,20-22,46,48,54,56,59-60,63-64H,3-14,16,19,23-45,47,49-53,55,57-58H2,1-2H3,(H,62,65)/b17-15-,20-18+,22-21-,48-46+,56-54+. The summed E-state index contributed by atoms with van der Waals surface area (Å²) in [5.74, 6) is -0.0745. The van der Waals surface area contributed by atoms with Crippen molar-refractivity contribution in [2.75, 3.05) is 6.61 Å². The van der Waals surface area contributed by atoms with Crippen LogP contribution in [0, 0.1) is 0 Å². The van der Waals surface area contributed by atoms with E-state index in [1.165, 1.54) is 238 Å². The zero-order valence-corrected chi connectivity index (χ0v) is 43.8. The molecule has 0 aromatic carbocycles. The Kier molecular flexibility index (Phi) is 54.8. The highest BCUT2D eigenvalue weighted by atomic mass is 16.3. The number of allylic oxidation sites excluding steroid dienone is 9. The summed E-state index contributed by atoms with van der Waals surface area (Å²) in [4.78, 5) is 12.5. The number of carbonyl (C=O) groups is 1. The fraction of sp³-hybridized carbons (Fsp3) is 0.820. The van der Waals surface area contributed by atoms with E-state index in [1.54, 1.807) is 6.08 Å². The molecule has 0 aromatic heterocycles. The van der Waals surface area contributed by atoms with Gasteiger partial charge in [-0.25, -0.2) is 0 Å². The quantitative estimate of drug-likeness (QED) is 0.0421. The Labute approximate surface area is 406 Å². The van der Waals surface area contributed by atoms with E-state index < -0.39 is 12.1 Å². The molecule has 3 N–H and O–H groups in total. The average Bonchev–Trinajstić information content (AvgIpc) is 3.31. The molecule has 65 heavy (non-hydrogen) atoms. The normalized spacial score (nSPS) is 13.2. The molecular weight excluding hydrogens is 795 g/mol. The Bertz CT molecular complexity index is 1070. The maximum Gasteiger partial charge on any atom is 0.220 e. The second kappa shape index (κ2) is 56.4. The molecule has 0 radical (unpaired) electrons. The smallest absolute Gasteiger partial charge is 0.220 e. The van der Waals surface area contributed by atoms with Gasteiger partial charge in [-0.3, -0.25) is 4.79 Å². The number of unbranched alkanes of at least 4 members (excludes halogenated alkanes) is 38. The van der Waals surface area contributed by atoms with Crippen molar-refractivity contribution in [3.63, 3.8) is 0 Å². The highest BCUT2D eigenvalue weighted by Crippen LogP contribution is 2.17. The van der Waals surface area contributed by atoms with Crippen LogP contribution in [0.3, 0.4) is 0 Å². The summed E-state index contributed by atoms with van der Waals surface area (Å²) in [5, 5.41) is 23.1. The lowest BCUT2D eigenvalue weighted by atomic mass is 10.0. The zero-order chi connectivity index (χ0) is 47.0. The molecule has 0 heterocycles. The third-order valence-corrected chi connectivity index (χ3v) is 13.2. The van der Waals surface area contributed by atoms with Gasteiger partial charge >= 0.3 is 0 Å². The first kappa shape index (κ1) is 63.1. The van der Waals surface area contributed by atoms with E-state index in [9.17, 15) is 15.0 Å². The molecule has 4 heteroatoms. The number of carbonyl (C=O) groups excluding carboxylic acids is 1. The van der Waals surface area contributed by atoms with E-state index in [2.05, 4.69) is 67.8 Å². The van der Waals surface area contributed by atoms with Crippen LogP contribution >= 0.6 is 0 Å². The molecule has 1 amide bonds. The van der Waals surface area contributed by atoms with Crippen molar-refractivity contribution < 1.29 is 15.0 Å². The second-order valence-corrected chi connectivity index (χ2v) is 19.7. The molecule has 0 aromatic rings. The first-order valence-corrected chi connectivity index (χ1v) is 29.0. The predicted molar refractivity (Wildman–Crippen MR) is 290 cm³/mol. The number of rotatable bonds is 53. The van der Waals surface area contributed by atoms with Crippen LogP contribution in [0.25, 0.3) is 0 Å². The van der Waals surface area contributed by atoms with Gasteiger partial charge in [0.05, 0.1) is 18.8 Å². The fourth-order valence-electron chi connectivity index (χ4n) is 8.77. The molecule has 2 atom stereocenters. The van der Waals surface area contributed by atoms with Crippen molar-refractivity contribution in [3.8, 4) is 0 Å². The number of hydrogen-bond donors (Lipinski definition) is 3. The average molecular weight is 909 g/mol. The van der Waals surface area contributed by atoms with E-state index in [-0.39, 0.29) is 12.5 Å². The number of aliphatic hydroxyl groups is 2. The van der Waals surface area contributed by atoms with Gasteiger partial charge in [0, 0.05) is 6.42 Å². The van der Waals surface area contributed by atoms with Crippen molar-refractivity contribution in [1.29, 1.82) is 0 Å². The predicted octanol–water partition coefficient (Wildman–Crippen LogP) is 19.2. The van der Waals surface area contributed by atoms with Gasteiger partial charge in [-0.1, -0.05) is 280 Å². The molecule has 0 rings (SSSR count). The summed E-state index contributed by atoms with van der Waals surface area (Å²) in [6.45, 7) is 4.29. The van der Waals surface area contributed by atoms with Gasteiger partial charge in [-0.2, -0.15) is 0 Å². The van der Waals surface area contributed by atoms with Gasteiger partial charge in [0.15, 0.2) is 0 Å². The minimum atomic E-state index is -0.870. The Balaban J connectivity index is 3.44. The van der Waals surface area contributed by atoms with E-state index in [1.807, 2.05) is 6.08 Å². The third-order valence-electron chi connectivity index (χ3n) is 13.2. The van der Waals surface area contributed by atoms with Gasteiger partial charge in [0.1, 0.15) is 0 Å². The van der Waals surface area contributed by atoms with Crippen LogP contribution in [0.5, 0.6) is 0 Å². The molecule has 0 bridgehead atoms. The zero-order valence-electron chi connectivity index (χ0n) is 43.8. The van der Waals surface area contributed by atoms with Gasteiger partial charge in [-0.05, 0) is 77.0 Å². The summed E-state index contributed by atoms with van der Waals surface area (Å²) < 4.78 is 0. The molecule has 0 aliphatic heterocycles. The SMILES string of the molecule is CCCCCCC/C=C\C/C=C\CCCCCCCCCCCCCCCCCCCCCCCCCCCC(=O)NC(CO)C(O)/C=C/CC/C=C/CC/C=C/CCCCCCCC. The number of nitrogens with one attached hydrogen (secondary N) is 1. The van der Waals surface area contributed by atoms with E-state index in [0.717, 1.165) is 44.9 Å². The molecule has 2 unspecified atom stereocenters. The van der Waals surface area contributed by atoms with E-state index in [0.29, 0.717) is 6.42 Å². The van der Waals surface area contributed by atoms with Gasteiger partial charge in [0.25, 0.3) is 0 Å². The molecule has 380 valence electrons. The summed E-state index contributed by atoms with van der Waals surface area (Å²) in [6.07, 6.45) is 79.7. The first-order chi connectivity index (χ1) is 32.2. The van der Waals surface area contributed by atoms with Crippen LogP contribution in [0.15, 0.2) is 60.8 Å². The fourth-order valence-corrected chi connectivity index (χ4v) is 8.77. The molecular formula is C61H113NO3. The van der Waals surface area contributed by atoms with Crippen molar-refractivity contribution in [2.45, 2.75) is 315 Å². The third kappa shape index (κ3) is 52.9. The van der Waals surface area contributed by atoms with Crippen LogP contribution < -0.4 is 5.32 Å². The monoisotopic (exact) mass is 908 g/mol. The maximum absolute atomic E-state index is 12.5. The van der Waals surface area contributed by atoms with Crippen molar-refractivity contribution >= 4 is 5.91 Å². The van der Waals surface area contributed by atoms with Crippen LogP contribution in [0.4, 0.5) is 0 Å². The van der Waals surface area contributed by atoms with Crippen LogP contribution in [-0.2, 0) is 4.79 Å². The van der Waals surface area contributed by atoms with Crippen molar-refractivity contribution in [2.24, 2.45) is 0 Å². The molecule has 0 saturated heterocycles. The minimum Gasteiger partial charge on any atom is -0.394 e. The number of aliphatic hydroxyl groups excluding tert-OH is 2. The number of hydrogen-bond acceptors (Lipinski definition) is 3. The van der Waals surface area contributed by atoms with E-state index >= 15 is 0 Å². The summed E-state index contributed by atoms with van der Waals surface area (Å²) in [7, 11) is 0. The Morgan fingerprint density at radius 2 is 0.646 bits per heavy atom. The Morgan fingerprint density at radius 1 is 0.369 bits per heavy atom. The largest absolute Gasteiger partial charge is 0.394 e. The minimum absolute atomic E-state index is 0.0745. The van der Waals surface area contributed by atoms with Gasteiger partial charge < -0.3 is 15.5 Å². The highest BCUT2D eigenvalue weighted by molar-refractivity contribution is 5.76. The van der Waals surface area contributed by atoms with Crippen LogP contribution in [0.2, 0.25) is 0 Å². The summed E-state index contributed by atoms with van der Waals surface area (Å²) >= 11 is 0. The first-order valence-electron chi connectivity index (χ1n) is 29.0. The Morgan fingerprint density at radius 3 is 0.985 bits per heavy atom. The highest BCUT2D eigenvalue weighted by Gasteiger charge is 2.18. The molecule has 0 saturated carbocycles. The molecule has 0 aliphatic rings. The summed E-state index contributed by atoms with van der Waals surface area (Å²) in [6, 6.07) is -0.645. The lowest BCUT2D eigenvalue weighted by Crippen LogP contribution is -2.45. The van der Waals surface area contributed by atoms with Crippen molar-refractivity contribution in [3.05, 3.63) is 60.8 Å². The number of amides is 1. The summed E-state index contributed by atoms with van der Waals surface area (Å²) in [5.41, 5.74) is 0. The second-order valence-electron chi connectivity index (χ2n) is 19.7. The van der Waals surface area contributed by atoms with Crippen LogP contribution in [-0.4, -0.2) is 34.9 Å².